The second-order valence-electron chi connectivity index (χ2n) is 10.2. The van der Waals surface area contributed by atoms with Crippen LogP contribution >= 0.6 is 0 Å². The molecule has 198 valence electrons. The van der Waals surface area contributed by atoms with Crippen LogP contribution in [0.15, 0.2) is 36.5 Å². The minimum atomic E-state index is -0.324. The minimum absolute atomic E-state index is 0.233. The van der Waals surface area contributed by atoms with Gasteiger partial charge in [-0.1, -0.05) is 12.1 Å². The number of rotatable bonds is 11. The van der Waals surface area contributed by atoms with E-state index in [1.807, 2.05) is 30.3 Å². The van der Waals surface area contributed by atoms with Crippen molar-refractivity contribution in [3.63, 3.8) is 0 Å². The molecule has 1 aromatic carbocycles. The molecule has 2 aliphatic rings. The molecule has 4 rings (SSSR count). The van der Waals surface area contributed by atoms with Crippen LogP contribution in [-0.2, 0) is 14.2 Å². The zero-order valence-electron chi connectivity index (χ0n) is 21.8. The lowest BCUT2D eigenvalue weighted by Gasteiger charge is -2.36. The largest absolute Gasteiger partial charge is 0.383 e. The van der Waals surface area contributed by atoms with Crippen LogP contribution in [0.5, 0.6) is 0 Å². The highest BCUT2D eigenvalue weighted by atomic mass is 19.1. The highest BCUT2D eigenvalue weighted by molar-refractivity contribution is 5.70. The number of hydrogen-bond donors (Lipinski definition) is 3. The second-order valence-corrected chi connectivity index (χ2v) is 10.2. The lowest BCUT2D eigenvalue weighted by molar-refractivity contribution is -0.0807. The van der Waals surface area contributed by atoms with Crippen molar-refractivity contribution in [1.82, 2.24) is 10.3 Å². The number of halogens is 1. The van der Waals surface area contributed by atoms with Crippen LogP contribution in [-0.4, -0.2) is 69.3 Å². The van der Waals surface area contributed by atoms with Crippen molar-refractivity contribution in [3.8, 4) is 11.1 Å². The maximum Gasteiger partial charge on any atom is 0.149 e. The Kier molecular flexibility index (Phi) is 9.53. The van der Waals surface area contributed by atoms with Crippen LogP contribution in [0.3, 0.4) is 0 Å². The standard InChI is InChI=1S/C28H41FN4O3/c1-20(18-34-2)32-22-7-9-23(10-8-22)33-27-16-25(26(29)17-30-27)21-5-4-6-24(15-21)31-19-28(35-3)11-13-36-14-12-28/h4-6,15-17,20,22-23,31-32H,7-14,18-19H2,1-3H3,(H,30,33)/t20-,22-,23-/m1/s1. The van der Waals surface area contributed by atoms with E-state index < -0.39 is 0 Å². The van der Waals surface area contributed by atoms with E-state index >= 15 is 0 Å². The fraction of sp³-hybridized carbons (Fsp3) is 0.607. The van der Waals surface area contributed by atoms with E-state index in [4.69, 9.17) is 14.2 Å². The van der Waals surface area contributed by atoms with Gasteiger partial charge in [0.05, 0.1) is 18.4 Å². The van der Waals surface area contributed by atoms with Crippen molar-refractivity contribution in [2.45, 2.75) is 69.2 Å². The van der Waals surface area contributed by atoms with E-state index in [-0.39, 0.29) is 11.4 Å². The summed E-state index contributed by atoms with van der Waals surface area (Å²) in [5.74, 6) is 0.394. The molecule has 0 unspecified atom stereocenters. The number of aromatic nitrogens is 1. The highest BCUT2D eigenvalue weighted by Gasteiger charge is 2.32. The first-order chi connectivity index (χ1) is 17.5. The molecule has 8 heteroatoms. The number of benzene rings is 1. The zero-order valence-corrected chi connectivity index (χ0v) is 21.8. The average Bonchev–Trinajstić information content (AvgIpc) is 2.90. The summed E-state index contributed by atoms with van der Waals surface area (Å²) in [5.41, 5.74) is 2.08. The van der Waals surface area contributed by atoms with E-state index in [0.717, 1.165) is 62.2 Å². The molecule has 1 atom stereocenters. The van der Waals surface area contributed by atoms with Crippen LogP contribution < -0.4 is 16.0 Å². The van der Waals surface area contributed by atoms with Gasteiger partial charge in [-0.05, 0) is 56.4 Å². The summed E-state index contributed by atoms with van der Waals surface area (Å²) < 4.78 is 31.4. The van der Waals surface area contributed by atoms with Crippen molar-refractivity contribution in [2.75, 3.05) is 51.2 Å². The third kappa shape index (κ3) is 7.16. The number of methoxy groups -OCH3 is 2. The van der Waals surface area contributed by atoms with Crippen LogP contribution in [0.4, 0.5) is 15.9 Å². The van der Waals surface area contributed by atoms with Crippen molar-refractivity contribution >= 4 is 11.5 Å². The van der Waals surface area contributed by atoms with Crippen molar-refractivity contribution in [1.29, 1.82) is 0 Å². The Hall–Kier alpha value is -2.26. The Balaban J connectivity index is 1.37. The molecule has 1 aliphatic carbocycles. The Morgan fingerprint density at radius 1 is 1.11 bits per heavy atom. The fourth-order valence-corrected chi connectivity index (χ4v) is 5.31. The number of nitrogens with zero attached hydrogens (tertiary/aromatic N) is 1. The van der Waals surface area contributed by atoms with Gasteiger partial charge in [0.25, 0.3) is 0 Å². The van der Waals surface area contributed by atoms with Gasteiger partial charge in [-0.2, -0.15) is 0 Å². The Morgan fingerprint density at radius 3 is 2.58 bits per heavy atom. The first-order valence-electron chi connectivity index (χ1n) is 13.1. The molecule has 2 fully saturated rings. The van der Waals surface area contributed by atoms with Crippen molar-refractivity contribution in [3.05, 3.63) is 42.3 Å². The lowest BCUT2D eigenvalue weighted by atomic mass is 9.90. The number of hydrogen-bond acceptors (Lipinski definition) is 7. The number of nitrogens with one attached hydrogen (secondary N) is 3. The molecule has 0 spiro atoms. The molecule has 2 aromatic rings. The Bertz CT molecular complexity index is 962. The van der Waals surface area contributed by atoms with E-state index in [1.54, 1.807) is 14.2 Å². The maximum absolute atomic E-state index is 14.8. The molecule has 1 aliphatic heterocycles. The molecular formula is C28H41FN4O3. The summed E-state index contributed by atoms with van der Waals surface area (Å²) in [6.45, 7) is 4.98. The molecule has 3 N–H and O–H groups in total. The van der Waals surface area contributed by atoms with E-state index in [2.05, 4.69) is 27.9 Å². The maximum atomic E-state index is 14.8. The highest BCUT2D eigenvalue weighted by Crippen LogP contribution is 2.30. The van der Waals surface area contributed by atoms with Crippen LogP contribution in [0.1, 0.15) is 45.4 Å². The third-order valence-electron chi connectivity index (χ3n) is 7.50. The smallest absolute Gasteiger partial charge is 0.149 e. The second kappa shape index (κ2) is 12.8. The van der Waals surface area contributed by atoms with E-state index in [1.165, 1.54) is 6.20 Å². The van der Waals surface area contributed by atoms with Gasteiger partial charge in [0.15, 0.2) is 0 Å². The number of pyridine rings is 1. The predicted molar refractivity (Wildman–Crippen MR) is 142 cm³/mol. The molecule has 1 saturated carbocycles. The summed E-state index contributed by atoms with van der Waals surface area (Å²) in [5, 5.41) is 10.7. The van der Waals surface area contributed by atoms with Gasteiger partial charge in [-0.3, -0.25) is 0 Å². The Labute approximate surface area is 214 Å². The van der Waals surface area contributed by atoms with Gasteiger partial charge in [0, 0.05) is 76.2 Å². The van der Waals surface area contributed by atoms with Crippen molar-refractivity contribution < 1.29 is 18.6 Å². The quantitative estimate of drug-likeness (QED) is 0.407. The molecule has 0 amide bonds. The third-order valence-corrected chi connectivity index (χ3v) is 7.50. The average molecular weight is 501 g/mol. The fourth-order valence-electron chi connectivity index (χ4n) is 5.31. The van der Waals surface area contributed by atoms with Crippen LogP contribution in [0, 0.1) is 5.82 Å². The zero-order chi connectivity index (χ0) is 25.4. The topological polar surface area (TPSA) is 76.7 Å². The first kappa shape index (κ1) is 26.8. The van der Waals surface area contributed by atoms with Gasteiger partial charge < -0.3 is 30.2 Å². The molecular weight excluding hydrogens is 459 g/mol. The molecule has 0 radical (unpaired) electrons. The van der Waals surface area contributed by atoms with Gasteiger partial charge >= 0.3 is 0 Å². The molecule has 2 heterocycles. The summed E-state index contributed by atoms with van der Waals surface area (Å²) in [7, 11) is 3.49. The molecule has 7 nitrogen and oxygen atoms in total. The van der Waals surface area contributed by atoms with E-state index in [9.17, 15) is 4.39 Å². The molecule has 36 heavy (non-hydrogen) atoms. The number of ether oxygens (including phenoxy) is 3. The van der Waals surface area contributed by atoms with Gasteiger partial charge in [-0.15, -0.1) is 0 Å². The summed E-state index contributed by atoms with van der Waals surface area (Å²) >= 11 is 0. The first-order valence-corrected chi connectivity index (χ1v) is 13.1. The Morgan fingerprint density at radius 2 is 1.86 bits per heavy atom. The molecule has 1 aromatic heterocycles. The predicted octanol–water partition coefficient (Wildman–Crippen LogP) is 4.84. The minimum Gasteiger partial charge on any atom is -0.383 e. The normalized spacial score (nSPS) is 22.7. The van der Waals surface area contributed by atoms with Crippen molar-refractivity contribution in [2.24, 2.45) is 0 Å². The number of anilines is 2. The summed E-state index contributed by atoms with van der Waals surface area (Å²) in [6, 6.07) is 10.9. The van der Waals surface area contributed by atoms with Gasteiger partial charge in [0.1, 0.15) is 11.6 Å². The monoisotopic (exact) mass is 500 g/mol. The van der Waals surface area contributed by atoms with Crippen LogP contribution in [0.2, 0.25) is 0 Å². The lowest BCUT2D eigenvalue weighted by Crippen LogP contribution is -2.44. The van der Waals surface area contributed by atoms with Gasteiger partial charge in [0.2, 0.25) is 0 Å². The van der Waals surface area contributed by atoms with Crippen LogP contribution in [0.25, 0.3) is 11.1 Å². The molecule has 0 bridgehead atoms. The molecule has 1 saturated heterocycles. The summed E-state index contributed by atoms with van der Waals surface area (Å²) in [4.78, 5) is 4.33. The van der Waals surface area contributed by atoms with E-state index in [0.29, 0.717) is 43.4 Å². The SMILES string of the molecule is COC[C@@H](C)N[C@H]1CC[C@H](Nc2cc(-c3cccc(NCC4(OC)CCOCC4)c3)c(F)cn2)CC1. The van der Waals surface area contributed by atoms with Gasteiger partial charge in [-0.25, -0.2) is 9.37 Å². The summed E-state index contributed by atoms with van der Waals surface area (Å²) in [6.07, 6.45) is 7.34.